The van der Waals surface area contributed by atoms with Gasteiger partial charge in [-0.05, 0) is 67.6 Å². The van der Waals surface area contributed by atoms with Crippen molar-refractivity contribution in [2.75, 3.05) is 0 Å². The highest BCUT2D eigenvalue weighted by molar-refractivity contribution is 5.85. The van der Waals surface area contributed by atoms with Crippen molar-refractivity contribution in [2.45, 2.75) is 64.7 Å². The fraction of sp³-hybridized carbons (Fsp3) is 0.355. The number of pyridine rings is 1. The van der Waals surface area contributed by atoms with Gasteiger partial charge in [0, 0.05) is 16.7 Å². The van der Waals surface area contributed by atoms with Gasteiger partial charge in [-0.2, -0.15) is 4.73 Å². The summed E-state index contributed by atoms with van der Waals surface area (Å²) in [5.74, 6) is 1.33. The van der Waals surface area contributed by atoms with Crippen LogP contribution in [0.4, 0.5) is 0 Å². The Morgan fingerprint density at radius 2 is 1.63 bits per heavy atom. The molecule has 2 heterocycles. The molecule has 2 aromatic carbocycles. The third kappa shape index (κ3) is 3.67. The number of hydrogen-bond donors (Lipinski definition) is 1. The summed E-state index contributed by atoms with van der Waals surface area (Å²) >= 11 is 0. The van der Waals surface area contributed by atoms with E-state index in [4.69, 9.17) is 4.98 Å². The minimum Gasteiger partial charge on any atom is -0.427 e. The Morgan fingerprint density at radius 1 is 0.886 bits per heavy atom. The standard InChI is InChI=1S/C31H33N3O/c1-20(2)19-31(16-7-17-31)24-12-10-23(11-13-24)29-25(22-8-5-4-6-9-22)18-26-27(33-29)14-15-28-30(26)32-21(3)34(28)35/h4-6,8-13,18,20,35H,7,14-17,19H2,1-3H3. The van der Waals surface area contributed by atoms with Gasteiger partial charge in [-0.25, -0.2) is 4.98 Å². The van der Waals surface area contributed by atoms with Gasteiger partial charge in [0.1, 0.15) is 5.82 Å². The number of fused-ring (bicyclic) bond motifs is 3. The van der Waals surface area contributed by atoms with Crippen LogP contribution in [0, 0.1) is 12.8 Å². The van der Waals surface area contributed by atoms with Crippen molar-refractivity contribution in [3.63, 3.8) is 0 Å². The molecule has 0 aliphatic heterocycles. The highest BCUT2D eigenvalue weighted by Crippen LogP contribution is 2.48. The molecule has 1 N–H and O–H groups in total. The first kappa shape index (κ1) is 22.1. The maximum Gasteiger partial charge on any atom is 0.142 e. The van der Waals surface area contributed by atoms with E-state index in [-0.39, 0.29) is 0 Å². The van der Waals surface area contributed by atoms with E-state index in [9.17, 15) is 5.21 Å². The number of rotatable bonds is 5. The Labute approximate surface area is 207 Å². The fourth-order valence-electron chi connectivity index (χ4n) is 6.23. The molecule has 0 radical (unpaired) electrons. The first-order chi connectivity index (χ1) is 16.9. The summed E-state index contributed by atoms with van der Waals surface area (Å²) < 4.78 is 1.24. The molecule has 4 heteroatoms. The zero-order valence-electron chi connectivity index (χ0n) is 20.9. The average molecular weight is 464 g/mol. The third-order valence-electron chi connectivity index (χ3n) is 8.03. The van der Waals surface area contributed by atoms with Crippen molar-refractivity contribution in [2.24, 2.45) is 5.92 Å². The zero-order valence-corrected chi connectivity index (χ0v) is 20.9. The van der Waals surface area contributed by atoms with E-state index in [2.05, 4.69) is 73.4 Å². The van der Waals surface area contributed by atoms with Crippen molar-refractivity contribution in [3.8, 4) is 33.6 Å². The highest BCUT2D eigenvalue weighted by atomic mass is 16.5. The van der Waals surface area contributed by atoms with Crippen LogP contribution in [0.2, 0.25) is 0 Å². The topological polar surface area (TPSA) is 50.9 Å². The molecule has 0 saturated heterocycles. The van der Waals surface area contributed by atoms with Gasteiger partial charge < -0.3 is 5.21 Å². The largest absolute Gasteiger partial charge is 0.427 e. The van der Waals surface area contributed by atoms with Crippen LogP contribution < -0.4 is 0 Å². The molecule has 4 aromatic rings. The molecule has 0 unspecified atom stereocenters. The minimum absolute atomic E-state index is 0.357. The zero-order chi connectivity index (χ0) is 24.2. The predicted octanol–water partition coefficient (Wildman–Crippen LogP) is 7.39. The molecule has 1 fully saturated rings. The van der Waals surface area contributed by atoms with Crippen LogP contribution in [0.25, 0.3) is 33.6 Å². The van der Waals surface area contributed by atoms with Gasteiger partial charge in [0.25, 0.3) is 0 Å². The summed E-state index contributed by atoms with van der Waals surface area (Å²) in [5, 5.41) is 10.4. The molecule has 0 bridgehead atoms. The van der Waals surface area contributed by atoms with Gasteiger partial charge in [0.15, 0.2) is 0 Å². The monoisotopic (exact) mass is 463 g/mol. The lowest BCUT2D eigenvalue weighted by molar-refractivity contribution is 0.170. The first-order valence-electron chi connectivity index (χ1n) is 12.9. The molecule has 1 saturated carbocycles. The van der Waals surface area contributed by atoms with Crippen molar-refractivity contribution >= 4 is 0 Å². The Bertz CT molecular complexity index is 1380. The second-order valence-corrected chi connectivity index (χ2v) is 10.8. The van der Waals surface area contributed by atoms with Crippen molar-refractivity contribution in [1.29, 1.82) is 0 Å². The highest BCUT2D eigenvalue weighted by Gasteiger charge is 2.38. The van der Waals surface area contributed by atoms with E-state index >= 15 is 0 Å². The maximum atomic E-state index is 10.4. The van der Waals surface area contributed by atoms with Gasteiger partial charge in [0.05, 0.1) is 22.8 Å². The summed E-state index contributed by atoms with van der Waals surface area (Å²) in [7, 11) is 0. The fourth-order valence-corrected chi connectivity index (χ4v) is 6.23. The van der Waals surface area contributed by atoms with E-state index in [1.54, 1.807) is 0 Å². The molecule has 0 amide bonds. The molecule has 0 spiro atoms. The van der Waals surface area contributed by atoms with Crippen molar-refractivity contribution in [1.82, 2.24) is 14.7 Å². The SMILES string of the molecule is Cc1nc2c(n1O)CCc1nc(-c3ccc(C4(CC(C)C)CCC4)cc3)c(-c3ccccc3)cc1-2. The third-order valence-corrected chi connectivity index (χ3v) is 8.03. The van der Waals surface area contributed by atoms with Crippen LogP contribution >= 0.6 is 0 Å². The van der Waals surface area contributed by atoms with Crippen LogP contribution in [0.5, 0.6) is 0 Å². The van der Waals surface area contributed by atoms with Crippen LogP contribution in [-0.2, 0) is 18.3 Å². The lowest BCUT2D eigenvalue weighted by Gasteiger charge is -2.44. The predicted molar refractivity (Wildman–Crippen MR) is 141 cm³/mol. The van der Waals surface area contributed by atoms with Gasteiger partial charge in [-0.3, -0.25) is 4.98 Å². The van der Waals surface area contributed by atoms with E-state index in [1.807, 2.05) is 13.0 Å². The van der Waals surface area contributed by atoms with Gasteiger partial charge >= 0.3 is 0 Å². The molecule has 2 aliphatic carbocycles. The van der Waals surface area contributed by atoms with E-state index in [0.717, 1.165) is 57.9 Å². The Kier molecular flexibility index (Phi) is 5.28. The molecule has 35 heavy (non-hydrogen) atoms. The van der Waals surface area contributed by atoms with Crippen LogP contribution in [0.3, 0.4) is 0 Å². The minimum atomic E-state index is 0.357. The maximum absolute atomic E-state index is 10.4. The number of aryl methyl sites for hydroxylation is 2. The van der Waals surface area contributed by atoms with Gasteiger partial charge in [-0.15, -0.1) is 0 Å². The molecule has 2 aromatic heterocycles. The van der Waals surface area contributed by atoms with Gasteiger partial charge in [0.2, 0.25) is 0 Å². The lowest BCUT2D eigenvalue weighted by atomic mass is 9.61. The quantitative estimate of drug-likeness (QED) is 0.314. The molecule has 178 valence electrons. The first-order valence-corrected chi connectivity index (χ1v) is 12.9. The van der Waals surface area contributed by atoms with Crippen LogP contribution in [-0.4, -0.2) is 19.9 Å². The van der Waals surface area contributed by atoms with Gasteiger partial charge in [-0.1, -0.05) is 74.9 Å². The molecular weight excluding hydrogens is 430 g/mol. The summed E-state index contributed by atoms with van der Waals surface area (Å²) in [4.78, 5) is 9.92. The number of benzene rings is 2. The number of aromatic nitrogens is 3. The normalized spacial score (nSPS) is 16.0. The average Bonchev–Trinajstić information content (AvgIpc) is 3.15. The molecule has 2 aliphatic rings. The Morgan fingerprint density at radius 3 is 2.29 bits per heavy atom. The summed E-state index contributed by atoms with van der Waals surface area (Å²) in [6.45, 7) is 6.52. The summed E-state index contributed by atoms with van der Waals surface area (Å²) in [5.41, 5.74) is 10.1. The van der Waals surface area contributed by atoms with E-state index in [0.29, 0.717) is 17.2 Å². The summed E-state index contributed by atoms with van der Waals surface area (Å²) in [6.07, 6.45) is 6.74. The number of hydrogen-bond acceptors (Lipinski definition) is 3. The van der Waals surface area contributed by atoms with Crippen LogP contribution in [0.15, 0.2) is 60.7 Å². The lowest BCUT2D eigenvalue weighted by Crippen LogP contribution is -2.35. The number of nitrogens with zero attached hydrogens (tertiary/aromatic N) is 3. The van der Waals surface area contributed by atoms with E-state index < -0.39 is 0 Å². The Hall–Kier alpha value is -3.40. The molecular formula is C31H33N3O. The smallest absolute Gasteiger partial charge is 0.142 e. The molecule has 4 nitrogen and oxygen atoms in total. The van der Waals surface area contributed by atoms with Crippen LogP contribution in [0.1, 0.15) is 62.3 Å². The Balaban J connectivity index is 1.47. The second kappa shape index (κ2) is 8.37. The molecule has 0 atom stereocenters. The second-order valence-electron chi connectivity index (χ2n) is 10.8. The van der Waals surface area contributed by atoms with Crippen molar-refractivity contribution < 1.29 is 5.21 Å². The number of imidazole rings is 1. The van der Waals surface area contributed by atoms with E-state index in [1.165, 1.54) is 36.0 Å². The van der Waals surface area contributed by atoms with Crippen molar-refractivity contribution in [3.05, 3.63) is 83.4 Å². The summed E-state index contributed by atoms with van der Waals surface area (Å²) in [6, 6.07) is 22.0. The molecule has 6 rings (SSSR count).